The molecule has 0 aliphatic heterocycles. The fraction of sp³-hybridized carbons (Fsp3) is 0.214. The molecule has 0 radical (unpaired) electrons. The van der Waals surface area contributed by atoms with Crippen LogP contribution in [-0.2, 0) is 13.6 Å². The van der Waals surface area contributed by atoms with E-state index in [0.717, 1.165) is 22.6 Å². The van der Waals surface area contributed by atoms with E-state index < -0.39 is 0 Å². The quantitative estimate of drug-likeness (QED) is 0.761. The Bertz CT molecular complexity index is 674. The van der Waals surface area contributed by atoms with Crippen molar-refractivity contribution in [2.45, 2.75) is 12.6 Å². The molecule has 6 heteroatoms. The highest BCUT2D eigenvalue weighted by Gasteiger charge is 2.20. The first-order valence-corrected chi connectivity index (χ1v) is 7.88. The van der Waals surface area contributed by atoms with Crippen molar-refractivity contribution >= 4 is 27.3 Å². The van der Waals surface area contributed by atoms with E-state index in [9.17, 15) is 0 Å². The number of imidazole rings is 1. The van der Waals surface area contributed by atoms with E-state index in [1.165, 1.54) is 4.88 Å². The van der Waals surface area contributed by atoms with Crippen LogP contribution < -0.4 is 5.32 Å². The summed E-state index contributed by atoms with van der Waals surface area (Å²) in [5, 5.41) is 5.59. The summed E-state index contributed by atoms with van der Waals surface area (Å²) in [4.78, 5) is 5.69. The zero-order chi connectivity index (χ0) is 13.9. The number of aromatic nitrogens is 2. The van der Waals surface area contributed by atoms with Gasteiger partial charge in [0.15, 0.2) is 0 Å². The van der Waals surface area contributed by atoms with Crippen molar-refractivity contribution in [1.82, 2.24) is 14.9 Å². The normalized spacial score (nSPS) is 12.7. The van der Waals surface area contributed by atoms with Crippen LogP contribution in [0.4, 0.5) is 0 Å². The first-order valence-electron chi connectivity index (χ1n) is 6.21. The van der Waals surface area contributed by atoms with Crippen LogP contribution in [-0.4, -0.2) is 9.55 Å². The van der Waals surface area contributed by atoms with Gasteiger partial charge >= 0.3 is 0 Å². The van der Waals surface area contributed by atoms with Crippen LogP contribution >= 0.6 is 27.3 Å². The van der Waals surface area contributed by atoms with Gasteiger partial charge in [0.25, 0.3) is 0 Å². The zero-order valence-corrected chi connectivity index (χ0v) is 13.3. The fourth-order valence-electron chi connectivity index (χ4n) is 2.08. The van der Waals surface area contributed by atoms with E-state index in [4.69, 9.17) is 4.42 Å². The van der Waals surface area contributed by atoms with Gasteiger partial charge in [0.1, 0.15) is 17.6 Å². The number of hydrogen-bond donors (Lipinski definition) is 1. The summed E-state index contributed by atoms with van der Waals surface area (Å²) in [6, 6.07) is 5.94. The van der Waals surface area contributed by atoms with E-state index in [0.29, 0.717) is 0 Å². The lowest BCUT2D eigenvalue weighted by molar-refractivity contribution is 0.430. The summed E-state index contributed by atoms with van der Waals surface area (Å²) in [5.74, 6) is 1.81. The highest BCUT2D eigenvalue weighted by Crippen LogP contribution is 2.24. The summed E-state index contributed by atoms with van der Waals surface area (Å²) in [6.45, 7) is 0.772. The lowest BCUT2D eigenvalue weighted by Crippen LogP contribution is -2.24. The topological polar surface area (TPSA) is 43.0 Å². The van der Waals surface area contributed by atoms with Crippen LogP contribution in [0.1, 0.15) is 22.5 Å². The predicted molar refractivity (Wildman–Crippen MR) is 82.6 cm³/mol. The van der Waals surface area contributed by atoms with Crippen LogP contribution in [0.2, 0.25) is 0 Å². The summed E-state index contributed by atoms with van der Waals surface area (Å²) in [6.07, 6.45) is 5.43. The summed E-state index contributed by atoms with van der Waals surface area (Å²) in [7, 11) is 1.99. The Kier molecular flexibility index (Phi) is 4.05. The number of nitrogens with zero attached hydrogens (tertiary/aromatic N) is 2. The minimum absolute atomic E-state index is 0.0501. The van der Waals surface area contributed by atoms with Crippen LogP contribution in [0.3, 0.4) is 0 Å². The number of furan rings is 1. The van der Waals surface area contributed by atoms with Crippen molar-refractivity contribution in [3.63, 3.8) is 0 Å². The van der Waals surface area contributed by atoms with Gasteiger partial charge in [-0.2, -0.15) is 0 Å². The number of nitrogens with one attached hydrogen (secondary N) is 1. The number of rotatable bonds is 5. The highest BCUT2D eigenvalue weighted by atomic mass is 79.9. The molecule has 0 saturated heterocycles. The Labute approximate surface area is 129 Å². The van der Waals surface area contributed by atoms with E-state index in [1.54, 1.807) is 23.8 Å². The van der Waals surface area contributed by atoms with Crippen molar-refractivity contribution in [3.05, 3.63) is 63.2 Å². The van der Waals surface area contributed by atoms with Gasteiger partial charge in [-0.15, -0.1) is 11.3 Å². The molecular formula is C14H14BrN3OS. The number of hydrogen-bond acceptors (Lipinski definition) is 4. The highest BCUT2D eigenvalue weighted by molar-refractivity contribution is 9.10. The van der Waals surface area contributed by atoms with Crippen LogP contribution in [0.25, 0.3) is 0 Å². The standard InChI is InChI=1S/C14H14BrN3OS/c1-18-5-4-16-14(18)13(12-3-2-6-19-12)17-8-11-7-10(15)9-20-11/h2-7,9,13,17H,8H2,1H3. The Morgan fingerprint density at radius 1 is 1.55 bits per heavy atom. The van der Waals surface area contributed by atoms with Crippen LogP contribution in [0.5, 0.6) is 0 Å². The Hall–Kier alpha value is -1.37. The molecule has 0 aromatic carbocycles. The smallest absolute Gasteiger partial charge is 0.133 e. The maximum absolute atomic E-state index is 5.55. The van der Waals surface area contributed by atoms with Crippen molar-refractivity contribution in [2.75, 3.05) is 0 Å². The Balaban J connectivity index is 1.81. The summed E-state index contributed by atoms with van der Waals surface area (Å²) >= 11 is 5.20. The minimum atomic E-state index is -0.0501. The molecule has 0 spiro atoms. The first kappa shape index (κ1) is 13.6. The van der Waals surface area contributed by atoms with Gasteiger partial charge in [0, 0.05) is 40.7 Å². The third-order valence-electron chi connectivity index (χ3n) is 3.05. The monoisotopic (exact) mass is 351 g/mol. The Morgan fingerprint density at radius 3 is 3.05 bits per heavy atom. The molecule has 0 bridgehead atoms. The number of thiophene rings is 1. The van der Waals surface area contributed by atoms with Crippen LogP contribution in [0.15, 0.2) is 51.1 Å². The van der Waals surface area contributed by atoms with Gasteiger partial charge < -0.3 is 8.98 Å². The van der Waals surface area contributed by atoms with E-state index in [-0.39, 0.29) is 6.04 Å². The number of aryl methyl sites for hydroxylation is 1. The van der Waals surface area contributed by atoms with Crippen molar-refractivity contribution in [2.24, 2.45) is 7.05 Å². The second-order valence-corrected chi connectivity index (χ2v) is 6.37. The molecule has 1 N–H and O–H groups in total. The molecule has 0 saturated carbocycles. The molecule has 3 heterocycles. The van der Waals surface area contributed by atoms with E-state index in [2.05, 4.69) is 37.7 Å². The maximum atomic E-state index is 5.55. The molecule has 20 heavy (non-hydrogen) atoms. The first-order chi connectivity index (χ1) is 9.74. The van der Waals surface area contributed by atoms with Gasteiger partial charge in [0.05, 0.1) is 6.26 Å². The second kappa shape index (κ2) is 5.95. The van der Waals surface area contributed by atoms with E-state index in [1.807, 2.05) is 29.9 Å². The molecular weight excluding hydrogens is 338 g/mol. The zero-order valence-electron chi connectivity index (χ0n) is 10.9. The van der Waals surface area contributed by atoms with Gasteiger partial charge in [-0.25, -0.2) is 4.98 Å². The molecule has 0 fully saturated rings. The lowest BCUT2D eigenvalue weighted by atomic mass is 10.2. The molecule has 1 atom stereocenters. The lowest BCUT2D eigenvalue weighted by Gasteiger charge is -2.16. The van der Waals surface area contributed by atoms with Crippen molar-refractivity contribution in [1.29, 1.82) is 0 Å². The predicted octanol–water partition coefficient (Wildman–Crippen LogP) is 3.72. The molecule has 3 rings (SSSR count). The molecule has 0 aliphatic carbocycles. The van der Waals surface area contributed by atoms with Gasteiger partial charge in [-0.1, -0.05) is 0 Å². The van der Waals surface area contributed by atoms with Crippen molar-refractivity contribution in [3.8, 4) is 0 Å². The fourth-order valence-corrected chi connectivity index (χ4v) is 3.48. The molecule has 4 nitrogen and oxygen atoms in total. The van der Waals surface area contributed by atoms with Crippen LogP contribution in [0, 0.1) is 0 Å². The van der Waals surface area contributed by atoms with Gasteiger partial charge in [0.2, 0.25) is 0 Å². The Morgan fingerprint density at radius 2 is 2.45 bits per heavy atom. The third-order valence-corrected chi connectivity index (χ3v) is 4.74. The molecule has 3 aromatic rings. The third kappa shape index (κ3) is 2.87. The van der Waals surface area contributed by atoms with E-state index >= 15 is 0 Å². The average Bonchev–Trinajstić information content (AvgIpc) is 3.14. The maximum Gasteiger partial charge on any atom is 0.133 e. The second-order valence-electron chi connectivity index (χ2n) is 4.46. The molecule has 1 unspecified atom stereocenters. The SMILES string of the molecule is Cn1ccnc1C(NCc1cc(Br)cs1)c1ccco1. The molecule has 3 aromatic heterocycles. The average molecular weight is 352 g/mol. The van der Waals surface area contributed by atoms with Gasteiger partial charge in [-0.3, -0.25) is 5.32 Å². The van der Waals surface area contributed by atoms with Gasteiger partial charge in [-0.05, 0) is 34.1 Å². The molecule has 0 amide bonds. The summed E-state index contributed by atoms with van der Waals surface area (Å²) in [5.41, 5.74) is 0. The largest absolute Gasteiger partial charge is 0.467 e. The van der Waals surface area contributed by atoms with Crippen molar-refractivity contribution < 1.29 is 4.42 Å². The summed E-state index contributed by atoms with van der Waals surface area (Å²) < 4.78 is 8.67. The minimum Gasteiger partial charge on any atom is -0.467 e. The molecule has 0 aliphatic rings. The molecule has 104 valence electrons. The number of halogens is 1.